The number of alkyl carbamates (subject to hydrolysis) is 1. The molecule has 1 aliphatic heterocycles. The van der Waals surface area contributed by atoms with Gasteiger partial charge in [0.2, 0.25) is 0 Å². The van der Waals surface area contributed by atoms with E-state index in [0.717, 1.165) is 0 Å². The first-order valence-electron chi connectivity index (χ1n) is 8.19. The number of non-ortho nitro benzene ring substituents is 1. The van der Waals surface area contributed by atoms with Crippen molar-refractivity contribution in [3.63, 3.8) is 0 Å². The van der Waals surface area contributed by atoms with Gasteiger partial charge in [-0.05, 0) is 37.0 Å². The predicted octanol–water partition coefficient (Wildman–Crippen LogP) is 0.685. The molecule has 0 aromatic heterocycles. The molecule has 0 saturated carbocycles. The number of β-amino-alcohol motifs (C(OH)–C–C–N with tert-alkyl or cyclic N) is 1. The van der Waals surface area contributed by atoms with Crippen LogP contribution in [0.5, 0.6) is 0 Å². The number of nitro benzene ring substituents is 1. The minimum atomic E-state index is -0.581. The third-order valence-electron chi connectivity index (χ3n) is 4.07. The quantitative estimate of drug-likeness (QED) is 0.307. The van der Waals surface area contributed by atoms with E-state index in [4.69, 9.17) is 4.74 Å². The zero-order valence-corrected chi connectivity index (χ0v) is 13.8. The van der Waals surface area contributed by atoms with Crippen molar-refractivity contribution in [3.05, 3.63) is 39.9 Å². The molecule has 1 heterocycles. The summed E-state index contributed by atoms with van der Waals surface area (Å²) in [6.07, 6.45) is 0.0746. The molecular weight excluding hydrogens is 330 g/mol. The van der Waals surface area contributed by atoms with E-state index in [1.54, 1.807) is 0 Å². The van der Waals surface area contributed by atoms with Gasteiger partial charge >= 0.3 is 6.09 Å². The Morgan fingerprint density at radius 3 is 2.76 bits per heavy atom. The van der Waals surface area contributed by atoms with Crippen LogP contribution in [0.3, 0.4) is 0 Å². The number of benzene rings is 1. The highest BCUT2D eigenvalue weighted by molar-refractivity contribution is 5.67. The molecule has 2 rings (SSSR count). The Kier molecular flexibility index (Phi) is 7.11. The number of amides is 1. The van der Waals surface area contributed by atoms with E-state index < -0.39 is 23.2 Å². The van der Waals surface area contributed by atoms with Crippen LogP contribution in [0.2, 0.25) is 0 Å². The normalized spacial score (nSPS) is 20.9. The van der Waals surface area contributed by atoms with Crippen LogP contribution < -0.4 is 10.6 Å². The monoisotopic (exact) mass is 353 g/mol. The zero-order valence-electron chi connectivity index (χ0n) is 13.8. The van der Waals surface area contributed by atoms with Gasteiger partial charge in [-0.15, -0.1) is 0 Å². The summed E-state index contributed by atoms with van der Waals surface area (Å²) in [5, 5.41) is 35.6. The molecule has 0 bridgehead atoms. The fraction of sp³-hybridized carbons (Fsp3) is 0.562. The third-order valence-corrected chi connectivity index (χ3v) is 4.07. The molecule has 1 aromatic rings. The highest BCUT2D eigenvalue weighted by atomic mass is 16.6. The maximum atomic E-state index is 11.6. The highest BCUT2D eigenvalue weighted by Gasteiger charge is 2.27. The highest BCUT2D eigenvalue weighted by Crippen LogP contribution is 2.14. The van der Waals surface area contributed by atoms with Gasteiger partial charge < -0.3 is 25.6 Å². The largest absolute Gasteiger partial charge is 0.445 e. The van der Waals surface area contributed by atoms with Gasteiger partial charge in [0.25, 0.3) is 5.69 Å². The van der Waals surface area contributed by atoms with Crippen LogP contribution in [0.15, 0.2) is 24.3 Å². The van der Waals surface area contributed by atoms with Gasteiger partial charge in [-0.3, -0.25) is 10.1 Å². The number of hydrogen-bond acceptors (Lipinski definition) is 7. The molecule has 1 aliphatic rings. The minimum Gasteiger partial charge on any atom is -0.445 e. The first kappa shape index (κ1) is 19.1. The molecule has 25 heavy (non-hydrogen) atoms. The summed E-state index contributed by atoms with van der Waals surface area (Å²) in [7, 11) is 0. The second kappa shape index (κ2) is 9.30. The average molecular weight is 353 g/mol. The van der Waals surface area contributed by atoms with Crippen molar-refractivity contribution in [1.82, 2.24) is 10.6 Å². The number of nitro groups is 1. The van der Waals surface area contributed by atoms with Crippen LogP contribution in [0.4, 0.5) is 10.5 Å². The number of nitrogens with zero attached hydrogens (tertiary/aromatic N) is 1. The van der Waals surface area contributed by atoms with Gasteiger partial charge in [0.15, 0.2) is 0 Å². The Bertz CT molecular complexity index is 580. The van der Waals surface area contributed by atoms with Crippen LogP contribution in [0.25, 0.3) is 0 Å². The van der Waals surface area contributed by atoms with Crippen molar-refractivity contribution in [2.45, 2.75) is 44.1 Å². The minimum absolute atomic E-state index is 0.0176. The average Bonchev–Trinajstić information content (AvgIpc) is 3.03. The van der Waals surface area contributed by atoms with Crippen molar-refractivity contribution < 1.29 is 24.7 Å². The predicted molar refractivity (Wildman–Crippen MR) is 88.9 cm³/mol. The summed E-state index contributed by atoms with van der Waals surface area (Å²) in [6, 6.07) is 5.66. The topological polar surface area (TPSA) is 134 Å². The van der Waals surface area contributed by atoms with Gasteiger partial charge in [-0.1, -0.05) is 0 Å². The number of carbonyl (C=O) groups excluding carboxylic acids is 1. The number of hydrogen-bond donors (Lipinski definition) is 4. The van der Waals surface area contributed by atoms with Crippen molar-refractivity contribution >= 4 is 11.8 Å². The van der Waals surface area contributed by atoms with Gasteiger partial charge in [-0.25, -0.2) is 4.79 Å². The zero-order chi connectivity index (χ0) is 18.2. The molecule has 1 saturated heterocycles. The lowest BCUT2D eigenvalue weighted by molar-refractivity contribution is -0.384. The molecule has 0 aliphatic carbocycles. The number of carbonyl (C=O) groups is 1. The molecule has 0 unspecified atom stereocenters. The van der Waals surface area contributed by atoms with Crippen LogP contribution >= 0.6 is 0 Å². The lowest BCUT2D eigenvalue weighted by atomic mass is 10.0. The summed E-state index contributed by atoms with van der Waals surface area (Å²) in [5.41, 5.74) is 0.637. The van der Waals surface area contributed by atoms with Crippen LogP contribution in [-0.4, -0.2) is 52.6 Å². The molecule has 1 aromatic carbocycles. The molecule has 9 nitrogen and oxygen atoms in total. The maximum Gasteiger partial charge on any atom is 0.407 e. The van der Waals surface area contributed by atoms with Crippen molar-refractivity contribution in [1.29, 1.82) is 0 Å². The van der Waals surface area contributed by atoms with E-state index in [1.165, 1.54) is 24.3 Å². The first-order chi connectivity index (χ1) is 12.0. The standard InChI is InChI=1S/C16H23N3O6/c20-13-8-14(18-9-13)15(21)2-1-7-17-16(22)25-10-11-3-5-12(6-4-11)19(23)24/h3-6,13-15,18,20-21H,1-2,7-10H2,(H,17,22)/t13-,14+,15+/m1/s1. The summed E-state index contributed by atoms with van der Waals surface area (Å²) in [5.74, 6) is 0. The fourth-order valence-electron chi connectivity index (χ4n) is 2.66. The molecule has 9 heteroatoms. The number of rotatable bonds is 8. The second-order valence-corrected chi connectivity index (χ2v) is 6.04. The lowest BCUT2D eigenvalue weighted by Crippen LogP contribution is -2.35. The maximum absolute atomic E-state index is 11.6. The van der Waals surface area contributed by atoms with Crippen molar-refractivity contribution in [2.75, 3.05) is 13.1 Å². The molecule has 0 radical (unpaired) electrons. The summed E-state index contributed by atoms with van der Waals surface area (Å²) < 4.78 is 5.02. The van der Waals surface area contributed by atoms with Gasteiger partial charge in [0.1, 0.15) is 6.61 Å². The molecule has 3 atom stereocenters. The summed E-state index contributed by atoms with van der Waals surface area (Å²) >= 11 is 0. The summed E-state index contributed by atoms with van der Waals surface area (Å²) in [4.78, 5) is 21.6. The van der Waals surface area contributed by atoms with Crippen LogP contribution in [0.1, 0.15) is 24.8 Å². The van der Waals surface area contributed by atoms with Gasteiger partial charge in [0, 0.05) is 31.3 Å². The Balaban J connectivity index is 1.58. The smallest absolute Gasteiger partial charge is 0.407 e. The number of nitrogens with one attached hydrogen (secondary N) is 2. The lowest BCUT2D eigenvalue weighted by Gasteiger charge is -2.18. The van der Waals surface area contributed by atoms with E-state index in [0.29, 0.717) is 37.9 Å². The SMILES string of the molecule is O=C(NCCC[C@H](O)[C@@H]1C[C@@H](O)CN1)OCc1ccc([N+](=O)[O-])cc1. The van der Waals surface area contributed by atoms with E-state index in [1.807, 2.05) is 0 Å². The Labute approximate surface area is 145 Å². The van der Waals surface area contributed by atoms with Gasteiger partial charge in [-0.2, -0.15) is 0 Å². The Morgan fingerprint density at radius 2 is 2.16 bits per heavy atom. The van der Waals surface area contributed by atoms with Crippen molar-refractivity contribution in [3.8, 4) is 0 Å². The van der Waals surface area contributed by atoms with E-state index in [-0.39, 0.29) is 18.3 Å². The number of aliphatic hydroxyl groups is 2. The third kappa shape index (κ3) is 6.29. The Morgan fingerprint density at radius 1 is 1.44 bits per heavy atom. The molecule has 1 amide bonds. The number of aliphatic hydroxyl groups excluding tert-OH is 2. The van der Waals surface area contributed by atoms with E-state index in [2.05, 4.69) is 10.6 Å². The second-order valence-electron chi connectivity index (χ2n) is 6.04. The summed E-state index contributed by atoms with van der Waals surface area (Å²) in [6.45, 7) is 0.886. The van der Waals surface area contributed by atoms with E-state index in [9.17, 15) is 25.1 Å². The van der Waals surface area contributed by atoms with Crippen LogP contribution in [0, 0.1) is 10.1 Å². The Hall–Kier alpha value is -2.23. The molecule has 1 fully saturated rings. The van der Waals surface area contributed by atoms with Gasteiger partial charge in [0.05, 0.1) is 17.1 Å². The van der Waals surface area contributed by atoms with Crippen LogP contribution in [-0.2, 0) is 11.3 Å². The number of ether oxygens (including phenoxy) is 1. The molecule has 0 spiro atoms. The first-order valence-corrected chi connectivity index (χ1v) is 8.19. The molecular formula is C16H23N3O6. The molecule has 138 valence electrons. The molecule has 4 N–H and O–H groups in total. The fourth-order valence-corrected chi connectivity index (χ4v) is 2.66. The van der Waals surface area contributed by atoms with Crippen molar-refractivity contribution in [2.24, 2.45) is 0 Å². The van der Waals surface area contributed by atoms with E-state index >= 15 is 0 Å².